The van der Waals surface area contributed by atoms with Gasteiger partial charge in [0.25, 0.3) is 0 Å². The van der Waals surface area contributed by atoms with Crippen molar-refractivity contribution >= 4 is 0 Å². The third-order valence-corrected chi connectivity index (χ3v) is 2.28. The second-order valence-corrected chi connectivity index (χ2v) is 3.43. The Bertz CT molecular complexity index is 106. The summed E-state index contributed by atoms with van der Waals surface area (Å²) >= 11 is 0. The molecular weight excluding hydrogens is 138 g/mol. The molecule has 1 saturated heterocycles. The number of ether oxygens (including phenoxy) is 1. The van der Waals surface area contributed by atoms with Gasteiger partial charge in [0.2, 0.25) is 0 Å². The maximum Gasteiger partial charge on any atom is 0.0506 e. The van der Waals surface area contributed by atoms with Crippen molar-refractivity contribution in [1.29, 1.82) is 0 Å². The normalized spacial score (nSPS) is 27.3. The molecule has 2 heteroatoms. The average molecular weight is 157 g/mol. The van der Waals surface area contributed by atoms with Gasteiger partial charge in [0, 0.05) is 13.2 Å². The van der Waals surface area contributed by atoms with Gasteiger partial charge < -0.3 is 9.64 Å². The number of hydrogen-bond donors (Lipinski definition) is 0. The van der Waals surface area contributed by atoms with Crippen LogP contribution in [0, 0.1) is 5.92 Å². The first-order valence-electron chi connectivity index (χ1n) is 4.59. The van der Waals surface area contributed by atoms with Crippen molar-refractivity contribution in [3.05, 3.63) is 0 Å². The van der Waals surface area contributed by atoms with Gasteiger partial charge in [-0.3, -0.25) is 0 Å². The molecule has 66 valence electrons. The zero-order valence-corrected chi connectivity index (χ0v) is 7.68. The Morgan fingerprint density at radius 3 is 3.00 bits per heavy atom. The molecule has 0 N–H and O–H groups in total. The van der Waals surface area contributed by atoms with E-state index in [0.717, 1.165) is 19.1 Å². The molecule has 1 aliphatic rings. The van der Waals surface area contributed by atoms with Gasteiger partial charge in [-0.25, -0.2) is 0 Å². The van der Waals surface area contributed by atoms with E-state index >= 15 is 0 Å². The number of likely N-dealkylation sites (tertiary alicyclic amines) is 1. The predicted octanol–water partition coefficient (Wildman–Crippen LogP) is 1.36. The Morgan fingerprint density at radius 2 is 2.36 bits per heavy atom. The second-order valence-electron chi connectivity index (χ2n) is 3.43. The van der Waals surface area contributed by atoms with Gasteiger partial charge >= 0.3 is 0 Å². The highest BCUT2D eigenvalue weighted by Gasteiger charge is 2.16. The molecule has 0 aromatic heterocycles. The van der Waals surface area contributed by atoms with Gasteiger partial charge in [-0.05, 0) is 39.3 Å². The molecule has 0 saturated carbocycles. The van der Waals surface area contributed by atoms with E-state index in [1.54, 1.807) is 0 Å². The van der Waals surface area contributed by atoms with Gasteiger partial charge in [0.1, 0.15) is 0 Å². The Kier molecular flexibility index (Phi) is 3.87. The predicted molar refractivity (Wildman–Crippen MR) is 46.7 cm³/mol. The molecular formula is C9H19NO. The first kappa shape index (κ1) is 9.01. The molecule has 0 aromatic carbocycles. The van der Waals surface area contributed by atoms with Gasteiger partial charge in [-0.15, -0.1) is 0 Å². The first-order chi connectivity index (χ1) is 5.33. The van der Waals surface area contributed by atoms with E-state index in [0.29, 0.717) is 0 Å². The average Bonchev–Trinajstić information content (AvgIpc) is 2.01. The van der Waals surface area contributed by atoms with Crippen molar-refractivity contribution in [2.24, 2.45) is 5.92 Å². The summed E-state index contributed by atoms with van der Waals surface area (Å²) in [6.07, 6.45) is 2.69. The number of rotatable bonds is 3. The molecule has 11 heavy (non-hydrogen) atoms. The van der Waals surface area contributed by atoms with Crippen LogP contribution in [0.15, 0.2) is 0 Å². The van der Waals surface area contributed by atoms with E-state index < -0.39 is 0 Å². The summed E-state index contributed by atoms with van der Waals surface area (Å²) < 4.78 is 5.39. The fourth-order valence-electron chi connectivity index (χ4n) is 1.69. The van der Waals surface area contributed by atoms with Crippen molar-refractivity contribution in [2.75, 3.05) is 33.4 Å². The van der Waals surface area contributed by atoms with E-state index in [2.05, 4.69) is 18.9 Å². The van der Waals surface area contributed by atoms with Crippen molar-refractivity contribution in [3.63, 3.8) is 0 Å². The third kappa shape index (κ3) is 3.21. The third-order valence-electron chi connectivity index (χ3n) is 2.28. The first-order valence-corrected chi connectivity index (χ1v) is 4.59. The highest BCUT2D eigenvalue weighted by Crippen LogP contribution is 2.14. The maximum atomic E-state index is 5.39. The van der Waals surface area contributed by atoms with E-state index in [1.807, 2.05) is 0 Å². The van der Waals surface area contributed by atoms with Crippen LogP contribution < -0.4 is 0 Å². The molecule has 0 aromatic rings. The lowest BCUT2D eigenvalue weighted by Crippen LogP contribution is -2.34. The Morgan fingerprint density at radius 1 is 1.55 bits per heavy atom. The minimum atomic E-state index is 0.786. The van der Waals surface area contributed by atoms with Crippen LogP contribution in [0.25, 0.3) is 0 Å². The molecule has 1 fully saturated rings. The quantitative estimate of drug-likeness (QED) is 0.613. The summed E-state index contributed by atoms with van der Waals surface area (Å²) in [5.41, 5.74) is 0. The monoisotopic (exact) mass is 157 g/mol. The molecule has 0 bridgehead atoms. The maximum absolute atomic E-state index is 5.39. The highest BCUT2D eigenvalue weighted by molar-refractivity contribution is 4.69. The molecule has 1 atom stereocenters. The van der Waals surface area contributed by atoms with Crippen molar-refractivity contribution in [3.8, 4) is 0 Å². The van der Waals surface area contributed by atoms with Gasteiger partial charge in [0.15, 0.2) is 0 Å². The molecule has 2 nitrogen and oxygen atoms in total. The second kappa shape index (κ2) is 4.73. The Hall–Kier alpha value is -0.0800. The molecule has 0 radical (unpaired) electrons. The van der Waals surface area contributed by atoms with E-state index in [-0.39, 0.29) is 0 Å². The van der Waals surface area contributed by atoms with Crippen molar-refractivity contribution in [2.45, 2.75) is 19.8 Å². The standard InChI is InChI=1S/C9H19NO/c1-3-11-8-9-5-4-6-10(2)7-9/h9H,3-8H2,1-2H3/t9-/m0/s1. The molecule has 0 amide bonds. The molecule has 0 aliphatic carbocycles. The van der Waals surface area contributed by atoms with Crippen LogP contribution in [0.5, 0.6) is 0 Å². The zero-order chi connectivity index (χ0) is 8.10. The van der Waals surface area contributed by atoms with Crippen LogP contribution in [-0.4, -0.2) is 38.3 Å². The summed E-state index contributed by atoms with van der Waals surface area (Å²) in [6, 6.07) is 0. The largest absolute Gasteiger partial charge is 0.381 e. The number of hydrogen-bond acceptors (Lipinski definition) is 2. The molecule has 0 unspecified atom stereocenters. The van der Waals surface area contributed by atoms with Crippen LogP contribution in [0.4, 0.5) is 0 Å². The Balaban J connectivity index is 2.12. The summed E-state index contributed by atoms with van der Waals surface area (Å²) in [6.45, 7) is 6.37. The van der Waals surface area contributed by atoms with Gasteiger partial charge in [-0.1, -0.05) is 0 Å². The lowest BCUT2D eigenvalue weighted by Gasteiger charge is -2.29. The summed E-state index contributed by atoms with van der Waals surface area (Å²) in [7, 11) is 2.19. The fraction of sp³-hybridized carbons (Fsp3) is 1.00. The minimum Gasteiger partial charge on any atom is -0.381 e. The summed E-state index contributed by atoms with van der Waals surface area (Å²) in [4.78, 5) is 2.40. The minimum absolute atomic E-state index is 0.786. The zero-order valence-electron chi connectivity index (χ0n) is 7.68. The summed E-state index contributed by atoms with van der Waals surface area (Å²) in [5.74, 6) is 0.786. The van der Waals surface area contributed by atoms with Crippen LogP contribution in [0.2, 0.25) is 0 Å². The van der Waals surface area contributed by atoms with Crippen LogP contribution in [0.3, 0.4) is 0 Å². The molecule has 1 aliphatic heterocycles. The fourth-order valence-corrected chi connectivity index (χ4v) is 1.69. The van der Waals surface area contributed by atoms with Crippen LogP contribution in [0.1, 0.15) is 19.8 Å². The van der Waals surface area contributed by atoms with E-state index in [1.165, 1.54) is 25.9 Å². The van der Waals surface area contributed by atoms with Crippen molar-refractivity contribution < 1.29 is 4.74 Å². The number of nitrogens with zero attached hydrogens (tertiary/aromatic N) is 1. The SMILES string of the molecule is CCOC[C@H]1CCCN(C)C1. The lowest BCUT2D eigenvalue weighted by molar-refractivity contribution is 0.0749. The Labute approximate surface area is 69.5 Å². The van der Waals surface area contributed by atoms with Gasteiger partial charge in [-0.2, -0.15) is 0 Å². The molecule has 0 spiro atoms. The van der Waals surface area contributed by atoms with E-state index in [9.17, 15) is 0 Å². The topological polar surface area (TPSA) is 12.5 Å². The highest BCUT2D eigenvalue weighted by atomic mass is 16.5. The lowest BCUT2D eigenvalue weighted by atomic mass is 10.00. The summed E-state index contributed by atoms with van der Waals surface area (Å²) in [5, 5.41) is 0. The molecule has 1 heterocycles. The van der Waals surface area contributed by atoms with E-state index in [4.69, 9.17) is 4.74 Å². The smallest absolute Gasteiger partial charge is 0.0506 e. The number of piperidine rings is 1. The molecule has 1 rings (SSSR count). The van der Waals surface area contributed by atoms with Crippen molar-refractivity contribution in [1.82, 2.24) is 4.90 Å². The van der Waals surface area contributed by atoms with Gasteiger partial charge in [0.05, 0.1) is 6.61 Å². The van der Waals surface area contributed by atoms with Crippen LogP contribution in [-0.2, 0) is 4.74 Å². The van der Waals surface area contributed by atoms with Crippen LogP contribution >= 0.6 is 0 Å².